The number of nitrogens with zero attached hydrogens (tertiary/aromatic N) is 4. The van der Waals surface area contributed by atoms with Gasteiger partial charge in [-0.25, -0.2) is 18.6 Å². The van der Waals surface area contributed by atoms with Crippen LogP contribution in [0, 0.1) is 0 Å². The summed E-state index contributed by atoms with van der Waals surface area (Å²) in [5.74, 6) is 0. The number of alkyl halides is 2. The van der Waals surface area contributed by atoms with Gasteiger partial charge in [0, 0.05) is 37.9 Å². The highest BCUT2D eigenvalue weighted by Crippen LogP contribution is 2.21. The summed E-state index contributed by atoms with van der Waals surface area (Å²) >= 11 is 0. The van der Waals surface area contributed by atoms with Crippen LogP contribution in [0.4, 0.5) is 19.3 Å². The highest BCUT2D eigenvalue weighted by Gasteiger charge is 2.24. The van der Waals surface area contributed by atoms with Gasteiger partial charge in [-0.3, -0.25) is 9.36 Å². The number of fused-ring (bicyclic) bond motifs is 1. The molecule has 7 nitrogen and oxygen atoms in total. The molecule has 2 aromatic rings. The lowest BCUT2D eigenvalue weighted by molar-refractivity contribution is 0.125. The Bertz CT molecular complexity index is 934. The lowest BCUT2D eigenvalue weighted by atomic mass is 10.2. The summed E-state index contributed by atoms with van der Waals surface area (Å²) in [6, 6.07) is 5.57. The Morgan fingerprint density at radius 2 is 1.90 bits per heavy atom. The number of hydrogen-bond acceptors (Lipinski definition) is 4. The number of carbonyl (C=O) groups excluding carboxylic acids is 1. The third-order valence-electron chi connectivity index (χ3n) is 5.76. The van der Waals surface area contributed by atoms with Crippen molar-refractivity contribution in [2.24, 2.45) is 0 Å². The summed E-state index contributed by atoms with van der Waals surface area (Å²) in [6.07, 6.45) is 3.06. The maximum atomic E-state index is 12.6. The molecule has 1 aliphatic carbocycles. The number of aromatic nitrogens is 2. The molecule has 1 aromatic heterocycles. The number of hydrogen-bond donors (Lipinski definition) is 1. The van der Waals surface area contributed by atoms with E-state index in [1.807, 2.05) is 11.0 Å². The topological polar surface area (TPSA) is 70.5 Å². The average molecular weight is 405 g/mol. The van der Waals surface area contributed by atoms with Crippen molar-refractivity contribution in [3.05, 3.63) is 34.9 Å². The zero-order valence-corrected chi connectivity index (χ0v) is 16.2. The molecule has 2 fully saturated rings. The molecule has 0 radical (unpaired) electrons. The van der Waals surface area contributed by atoms with E-state index in [4.69, 9.17) is 0 Å². The summed E-state index contributed by atoms with van der Waals surface area (Å²) in [7, 11) is 0. The van der Waals surface area contributed by atoms with Gasteiger partial charge in [-0.15, -0.1) is 0 Å². The molecule has 1 N–H and O–H groups in total. The second-order valence-electron chi connectivity index (χ2n) is 7.70. The van der Waals surface area contributed by atoms with Gasteiger partial charge >= 0.3 is 6.03 Å². The van der Waals surface area contributed by atoms with Crippen molar-refractivity contribution in [2.75, 3.05) is 31.1 Å². The monoisotopic (exact) mass is 405 g/mol. The van der Waals surface area contributed by atoms with E-state index in [2.05, 4.69) is 15.2 Å². The number of anilines is 1. The first kappa shape index (κ1) is 19.6. The lowest BCUT2D eigenvalue weighted by Crippen LogP contribution is -2.53. The minimum atomic E-state index is -2.60. The molecule has 4 rings (SSSR count). The molecule has 2 heterocycles. The van der Waals surface area contributed by atoms with Crippen LogP contribution in [0.2, 0.25) is 0 Å². The predicted octanol–water partition coefficient (Wildman–Crippen LogP) is 2.44. The Labute approximate surface area is 167 Å². The van der Waals surface area contributed by atoms with Crippen LogP contribution < -0.4 is 15.8 Å². The fourth-order valence-electron chi connectivity index (χ4n) is 4.13. The van der Waals surface area contributed by atoms with Gasteiger partial charge in [0.1, 0.15) is 0 Å². The van der Waals surface area contributed by atoms with Crippen LogP contribution in [0.3, 0.4) is 0 Å². The van der Waals surface area contributed by atoms with Gasteiger partial charge in [-0.2, -0.15) is 0 Å². The normalized spacial score (nSPS) is 18.0. The number of rotatable bonds is 4. The van der Waals surface area contributed by atoms with Crippen LogP contribution in [0.15, 0.2) is 29.3 Å². The molecular formula is C20H25F2N5O2. The van der Waals surface area contributed by atoms with Gasteiger partial charge in [0.25, 0.3) is 12.0 Å². The number of piperazine rings is 1. The van der Waals surface area contributed by atoms with E-state index in [0.29, 0.717) is 43.1 Å². The summed E-state index contributed by atoms with van der Waals surface area (Å²) in [6.45, 7) is 1.96. The van der Waals surface area contributed by atoms with Crippen molar-refractivity contribution in [3.8, 4) is 0 Å². The second-order valence-corrected chi connectivity index (χ2v) is 7.70. The number of amides is 2. The van der Waals surface area contributed by atoms with Crippen molar-refractivity contribution in [1.29, 1.82) is 0 Å². The second kappa shape index (κ2) is 8.34. The van der Waals surface area contributed by atoms with Gasteiger partial charge in [0.2, 0.25) is 0 Å². The van der Waals surface area contributed by atoms with Crippen molar-refractivity contribution < 1.29 is 13.6 Å². The molecule has 2 amide bonds. The lowest BCUT2D eigenvalue weighted by Gasteiger charge is -2.36. The molecule has 156 valence electrons. The van der Waals surface area contributed by atoms with Crippen LogP contribution in [-0.2, 0) is 6.54 Å². The van der Waals surface area contributed by atoms with E-state index in [9.17, 15) is 18.4 Å². The molecule has 1 aromatic carbocycles. The predicted molar refractivity (Wildman–Crippen MR) is 107 cm³/mol. The van der Waals surface area contributed by atoms with Crippen LogP contribution in [0.25, 0.3) is 10.9 Å². The third kappa shape index (κ3) is 4.33. The molecule has 29 heavy (non-hydrogen) atoms. The van der Waals surface area contributed by atoms with E-state index in [-0.39, 0.29) is 6.03 Å². The maximum Gasteiger partial charge on any atom is 0.317 e. The molecule has 1 aliphatic heterocycles. The van der Waals surface area contributed by atoms with Crippen molar-refractivity contribution in [2.45, 2.75) is 44.7 Å². The molecule has 0 atom stereocenters. The highest BCUT2D eigenvalue weighted by molar-refractivity contribution is 5.81. The number of carbonyl (C=O) groups is 1. The van der Waals surface area contributed by atoms with Crippen LogP contribution in [0.5, 0.6) is 0 Å². The molecular weight excluding hydrogens is 380 g/mol. The minimum absolute atomic E-state index is 0.0105. The van der Waals surface area contributed by atoms with Crippen LogP contribution in [0.1, 0.15) is 25.7 Å². The molecule has 0 spiro atoms. The van der Waals surface area contributed by atoms with Gasteiger partial charge in [0.05, 0.1) is 23.8 Å². The average Bonchev–Trinajstić information content (AvgIpc) is 3.23. The molecule has 0 unspecified atom stereocenters. The van der Waals surface area contributed by atoms with E-state index in [0.717, 1.165) is 23.1 Å². The van der Waals surface area contributed by atoms with E-state index in [1.165, 1.54) is 19.2 Å². The van der Waals surface area contributed by atoms with Crippen LogP contribution >= 0.6 is 0 Å². The van der Waals surface area contributed by atoms with Crippen molar-refractivity contribution >= 4 is 22.6 Å². The van der Waals surface area contributed by atoms with E-state index < -0.39 is 18.5 Å². The van der Waals surface area contributed by atoms with Crippen molar-refractivity contribution in [3.63, 3.8) is 0 Å². The number of urea groups is 1. The summed E-state index contributed by atoms with van der Waals surface area (Å²) in [5.41, 5.74) is 0.932. The van der Waals surface area contributed by atoms with E-state index >= 15 is 0 Å². The smallest absolute Gasteiger partial charge is 0.317 e. The first-order chi connectivity index (χ1) is 14.0. The number of halogens is 2. The zero-order valence-electron chi connectivity index (χ0n) is 16.2. The minimum Gasteiger partial charge on any atom is -0.368 e. The quantitative estimate of drug-likeness (QED) is 0.848. The van der Waals surface area contributed by atoms with Crippen LogP contribution in [-0.4, -0.2) is 59.1 Å². The fraction of sp³-hybridized carbons (Fsp3) is 0.550. The van der Waals surface area contributed by atoms with E-state index in [1.54, 1.807) is 12.1 Å². The first-order valence-electron chi connectivity index (χ1n) is 10.1. The first-order valence-corrected chi connectivity index (χ1v) is 10.1. The van der Waals surface area contributed by atoms with Gasteiger partial charge in [0.15, 0.2) is 0 Å². The van der Waals surface area contributed by atoms with Gasteiger partial charge < -0.3 is 15.1 Å². The Hall–Kier alpha value is -2.71. The van der Waals surface area contributed by atoms with Gasteiger partial charge in [-0.1, -0.05) is 12.8 Å². The highest BCUT2D eigenvalue weighted by atomic mass is 19.3. The third-order valence-corrected chi connectivity index (χ3v) is 5.76. The SMILES string of the molecule is O=C(NC1CCCC1)N1CCN(c2ccc3c(=O)n(CC(F)F)cnc3c2)CC1. The molecule has 2 aliphatic rings. The number of nitrogens with one attached hydrogen (secondary N) is 1. The van der Waals surface area contributed by atoms with Gasteiger partial charge in [-0.05, 0) is 31.0 Å². The molecule has 1 saturated heterocycles. The largest absolute Gasteiger partial charge is 0.368 e. The summed E-state index contributed by atoms with van der Waals surface area (Å²) < 4.78 is 26.1. The summed E-state index contributed by atoms with van der Waals surface area (Å²) in [5, 5.41) is 3.45. The standard InChI is InChI=1S/C20H25F2N5O2/c21-18(22)12-27-13-23-17-11-15(5-6-16(17)19(27)28)25-7-9-26(10-8-25)20(29)24-14-3-1-2-4-14/h5-6,11,13-14,18H,1-4,7-10,12H2,(H,24,29). The summed E-state index contributed by atoms with van der Waals surface area (Å²) in [4.78, 5) is 32.9. The number of benzene rings is 1. The van der Waals surface area contributed by atoms with Crippen molar-refractivity contribution in [1.82, 2.24) is 19.8 Å². The zero-order chi connectivity index (χ0) is 20.4. The Balaban J connectivity index is 1.41. The molecule has 0 bridgehead atoms. The maximum absolute atomic E-state index is 12.6. The Morgan fingerprint density at radius 1 is 1.17 bits per heavy atom. The Kier molecular flexibility index (Phi) is 5.64. The Morgan fingerprint density at radius 3 is 2.59 bits per heavy atom. The fourth-order valence-corrected chi connectivity index (χ4v) is 4.13. The molecule has 1 saturated carbocycles. The molecule has 9 heteroatoms.